The van der Waals surface area contributed by atoms with Crippen LogP contribution in [0.1, 0.15) is 33.3 Å². The van der Waals surface area contributed by atoms with Crippen molar-refractivity contribution in [1.29, 1.82) is 0 Å². The molecule has 0 spiro atoms. The van der Waals surface area contributed by atoms with Gasteiger partial charge in [0.25, 0.3) is 0 Å². The summed E-state index contributed by atoms with van der Waals surface area (Å²) in [6.07, 6.45) is 1.58. The number of nitrogens with zero attached hydrogens (tertiary/aromatic N) is 3. The average molecular weight is 322 g/mol. The zero-order chi connectivity index (χ0) is 17.6. The van der Waals surface area contributed by atoms with Gasteiger partial charge in [-0.15, -0.1) is 0 Å². The van der Waals surface area contributed by atoms with E-state index in [2.05, 4.69) is 29.0 Å². The van der Waals surface area contributed by atoms with E-state index < -0.39 is 5.60 Å². The van der Waals surface area contributed by atoms with Gasteiger partial charge in [-0.3, -0.25) is 0 Å². The number of carbonyl (C=O) groups is 1. The molecule has 1 aromatic heterocycles. The standard InChI is InChI=1S/C17H30N4O2/c1-8-21(14-12-19-15(18-6)11-13(14)2)10-9-20(7)16(22)23-17(3,4)5/h11-12H,8-10H2,1-7H3,(H,18,19). The van der Waals surface area contributed by atoms with Crippen molar-refractivity contribution < 1.29 is 9.53 Å². The Morgan fingerprint density at radius 2 is 2.00 bits per heavy atom. The number of aryl methyl sites for hydroxylation is 1. The summed E-state index contributed by atoms with van der Waals surface area (Å²) < 4.78 is 5.37. The zero-order valence-electron chi connectivity index (χ0n) is 15.4. The molecule has 0 saturated carbocycles. The fraction of sp³-hybridized carbons (Fsp3) is 0.647. The number of amides is 1. The van der Waals surface area contributed by atoms with Crippen LogP contribution in [0.5, 0.6) is 0 Å². The molecule has 0 aliphatic heterocycles. The van der Waals surface area contributed by atoms with E-state index in [-0.39, 0.29) is 6.09 Å². The summed E-state index contributed by atoms with van der Waals surface area (Å²) in [5.41, 5.74) is 1.77. The maximum absolute atomic E-state index is 12.0. The Bertz CT molecular complexity index is 526. The Morgan fingerprint density at radius 3 is 2.48 bits per heavy atom. The lowest BCUT2D eigenvalue weighted by molar-refractivity contribution is 0.0303. The zero-order valence-corrected chi connectivity index (χ0v) is 15.4. The van der Waals surface area contributed by atoms with Crippen LogP contribution in [0.25, 0.3) is 0 Å². The van der Waals surface area contributed by atoms with Crippen LogP contribution in [-0.2, 0) is 4.74 Å². The van der Waals surface area contributed by atoms with Gasteiger partial charge in [0.1, 0.15) is 11.4 Å². The molecule has 0 aliphatic carbocycles. The predicted octanol–water partition coefficient (Wildman–Crippen LogP) is 3.12. The molecule has 1 amide bonds. The molecule has 1 rings (SSSR count). The van der Waals surface area contributed by atoms with E-state index >= 15 is 0 Å². The maximum atomic E-state index is 12.0. The molecule has 6 heteroatoms. The minimum atomic E-state index is -0.473. The molecule has 0 atom stereocenters. The highest BCUT2D eigenvalue weighted by atomic mass is 16.6. The first-order valence-electron chi connectivity index (χ1n) is 8.01. The topological polar surface area (TPSA) is 57.7 Å². The molecule has 0 saturated heterocycles. The van der Waals surface area contributed by atoms with Gasteiger partial charge in [-0.05, 0) is 46.2 Å². The number of hydrogen-bond donors (Lipinski definition) is 1. The molecule has 0 radical (unpaired) electrons. The van der Waals surface area contributed by atoms with Gasteiger partial charge in [-0.2, -0.15) is 0 Å². The lowest BCUT2D eigenvalue weighted by atomic mass is 10.2. The second kappa shape index (κ2) is 8.04. The molecule has 0 fully saturated rings. The molecular formula is C17H30N4O2. The third kappa shape index (κ3) is 5.96. The maximum Gasteiger partial charge on any atom is 0.410 e. The third-order valence-corrected chi connectivity index (χ3v) is 3.47. The first kappa shape index (κ1) is 19.1. The van der Waals surface area contributed by atoms with Crippen LogP contribution >= 0.6 is 0 Å². The number of likely N-dealkylation sites (N-methyl/N-ethyl adjacent to an activating group) is 2. The summed E-state index contributed by atoms with van der Waals surface area (Å²) in [4.78, 5) is 20.2. The molecule has 130 valence electrons. The highest BCUT2D eigenvalue weighted by Crippen LogP contribution is 2.21. The van der Waals surface area contributed by atoms with Gasteiger partial charge >= 0.3 is 6.09 Å². The van der Waals surface area contributed by atoms with Crippen LogP contribution in [0.2, 0.25) is 0 Å². The smallest absolute Gasteiger partial charge is 0.410 e. The monoisotopic (exact) mass is 322 g/mol. The number of ether oxygens (including phenoxy) is 1. The number of carbonyl (C=O) groups excluding carboxylic acids is 1. The first-order valence-corrected chi connectivity index (χ1v) is 8.01. The number of anilines is 2. The van der Waals surface area contributed by atoms with Crippen LogP contribution in [0, 0.1) is 6.92 Å². The van der Waals surface area contributed by atoms with Crippen molar-refractivity contribution in [3.8, 4) is 0 Å². The summed E-state index contributed by atoms with van der Waals surface area (Å²) in [6, 6.07) is 2.02. The Kier molecular flexibility index (Phi) is 6.66. The van der Waals surface area contributed by atoms with Crippen molar-refractivity contribution in [2.75, 3.05) is 43.9 Å². The van der Waals surface area contributed by atoms with Crippen molar-refractivity contribution in [2.45, 2.75) is 40.2 Å². The van der Waals surface area contributed by atoms with E-state index in [4.69, 9.17) is 4.74 Å². The third-order valence-electron chi connectivity index (χ3n) is 3.47. The predicted molar refractivity (Wildman–Crippen MR) is 95.3 cm³/mol. The van der Waals surface area contributed by atoms with Crippen LogP contribution < -0.4 is 10.2 Å². The van der Waals surface area contributed by atoms with Crippen LogP contribution in [0.3, 0.4) is 0 Å². The molecule has 1 aromatic rings. The summed E-state index contributed by atoms with van der Waals surface area (Å²) in [5.74, 6) is 0.855. The molecule has 0 aliphatic rings. The van der Waals surface area contributed by atoms with E-state index in [1.807, 2.05) is 40.1 Å². The minimum Gasteiger partial charge on any atom is -0.444 e. The Labute approximate surface area is 139 Å². The number of aromatic nitrogens is 1. The molecule has 0 aromatic carbocycles. The van der Waals surface area contributed by atoms with E-state index in [9.17, 15) is 4.79 Å². The van der Waals surface area contributed by atoms with Gasteiger partial charge in [0.15, 0.2) is 0 Å². The molecule has 6 nitrogen and oxygen atoms in total. The fourth-order valence-corrected chi connectivity index (χ4v) is 2.17. The molecule has 1 heterocycles. The second-order valence-corrected chi connectivity index (χ2v) is 6.59. The van der Waals surface area contributed by atoms with Crippen molar-refractivity contribution in [2.24, 2.45) is 0 Å². The molecule has 23 heavy (non-hydrogen) atoms. The van der Waals surface area contributed by atoms with Gasteiger partial charge in [0.2, 0.25) is 0 Å². The van der Waals surface area contributed by atoms with Gasteiger partial charge in [-0.1, -0.05) is 0 Å². The molecular weight excluding hydrogens is 292 g/mol. The lowest BCUT2D eigenvalue weighted by Crippen LogP contribution is -2.39. The van der Waals surface area contributed by atoms with Crippen molar-refractivity contribution in [3.63, 3.8) is 0 Å². The van der Waals surface area contributed by atoms with Crippen LogP contribution in [0.15, 0.2) is 12.3 Å². The summed E-state index contributed by atoms with van der Waals surface area (Å²) in [5, 5.41) is 3.04. The highest BCUT2D eigenvalue weighted by Gasteiger charge is 2.20. The summed E-state index contributed by atoms with van der Waals surface area (Å²) in [6.45, 7) is 11.9. The Hall–Kier alpha value is -1.98. The number of pyridine rings is 1. The van der Waals surface area contributed by atoms with Crippen molar-refractivity contribution >= 4 is 17.6 Å². The number of rotatable bonds is 6. The van der Waals surface area contributed by atoms with Crippen LogP contribution in [0.4, 0.5) is 16.3 Å². The highest BCUT2D eigenvalue weighted by molar-refractivity contribution is 5.67. The quantitative estimate of drug-likeness (QED) is 0.872. The van der Waals surface area contributed by atoms with Crippen molar-refractivity contribution in [1.82, 2.24) is 9.88 Å². The largest absolute Gasteiger partial charge is 0.444 e. The van der Waals surface area contributed by atoms with Gasteiger partial charge in [-0.25, -0.2) is 9.78 Å². The van der Waals surface area contributed by atoms with E-state index in [1.165, 1.54) is 0 Å². The first-order chi connectivity index (χ1) is 10.7. The van der Waals surface area contributed by atoms with Gasteiger partial charge in [0.05, 0.1) is 11.9 Å². The fourth-order valence-electron chi connectivity index (χ4n) is 2.17. The molecule has 0 unspecified atom stereocenters. The van der Waals surface area contributed by atoms with E-state index in [0.29, 0.717) is 6.54 Å². The summed E-state index contributed by atoms with van der Waals surface area (Å²) in [7, 11) is 3.62. The molecule has 1 N–H and O–H groups in total. The van der Waals surface area contributed by atoms with Crippen molar-refractivity contribution in [3.05, 3.63) is 17.8 Å². The van der Waals surface area contributed by atoms with E-state index in [1.54, 1.807) is 11.9 Å². The number of nitrogens with one attached hydrogen (secondary N) is 1. The normalized spacial score (nSPS) is 11.1. The number of hydrogen-bond acceptors (Lipinski definition) is 5. The second-order valence-electron chi connectivity index (χ2n) is 6.59. The summed E-state index contributed by atoms with van der Waals surface area (Å²) >= 11 is 0. The van der Waals surface area contributed by atoms with E-state index in [0.717, 1.165) is 30.2 Å². The molecule has 0 bridgehead atoms. The minimum absolute atomic E-state index is 0.297. The lowest BCUT2D eigenvalue weighted by Gasteiger charge is -2.29. The average Bonchev–Trinajstić information content (AvgIpc) is 2.46. The SMILES string of the molecule is CCN(CCN(C)C(=O)OC(C)(C)C)c1cnc(NC)cc1C. The van der Waals surface area contributed by atoms with Gasteiger partial charge < -0.3 is 19.9 Å². The Balaban J connectivity index is 2.68. The van der Waals surface area contributed by atoms with Crippen LogP contribution in [-0.4, -0.2) is 55.3 Å². The van der Waals surface area contributed by atoms with Gasteiger partial charge in [0, 0.05) is 33.7 Å². The Morgan fingerprint density at radius 1 is 1.35 bits per heavy atom.